The van der Waals surface area contributed by atoms with E-state index in [2.05, 4.69) is 60.4 Å². The van der Waals surface area contributed by atoms with Gasteiger partial charge in [0.05, 0.1) is 0 Å². The summed E-state index contributed by atoms with van der Waals surface area (Å²) in [5.74, 6) is 0.842. The van der Waals surface area contributed by atoms with Gasteiger partial charge >= 0.3 is 0 Å². The number of rotatable bonds is 8. The molecule has 1 fully saturated rings. The molecular formula is C18H31N3. The molecule has 118 valence electrons. The Morgan fingerprint density at radius 1 is 1.33 bits per heavy atom. The summed E-state index contributed by atoms with van der Waals surface area (Å²) in [4.78, 5) is 4.92. The predicted molar refractivity (Wildman–Crippen MR) is 90.4 cm³/mol. The van der Waals surface area contributed by atoms with Crippen LogP contribution in [0.4, 0.5) is 0 Å². The average Bonchev–Trinajstić information content (AvgIpc) is 2.84. The normalized spacial score (nSPS) is 19.5. The van der Waals surface area contributed by atoms with Gasteiger partial charge in [0.1, 0.15) is 0 Å². The molecule has 1 heterocycles. The number of hydrogen-bond donors (Lipinski definition) is 1. The van der Waals surface area contributed by atoms with E-state index in [1.807, 2.05) is 0 Å². The van der Waals surface area contributed by atoms with E-state index in [1.165, 1.54) is 43.6 Å². The van der Waals surface area contributed by atoms with Crippen molar-refractivity contribution >= 4 is 0 Å². The van der Waals surface area contributed by atoms with Crippen molar-refractivity contribution in [3.63, 3.8) is 0 Å². The molecule has 1 aromatic rings. The summed E-state index contributed by atoms with van der Waals surface area (Å²) in [6.07, 6.45) is 2.54. The second-order valence-corrected chi connectivity index (χ2v) is 6.61. The molecular weight excluding hydrogens is 258 g/mol. The fourth-order valence-electron chi connectivity index (χ4n) is 3.24. The summed E-state index contributed by atoms with van der Waals surface area (Å²) in [5.41, 5.74) is 2.83. The maximum absolute atomic E-state index is 3.48. The largest absolute Gasteiger partial charge is 0.313 e. The second kappa shape index (κ2) is 8.52. The zero-order chi connectivity index (χ0) is 15.1. The zero-order valence-corrected chi connectivity index (χ0v) is 13.9. The molecule has 3 nitrogen and oxygen atoms in total. The first-order valence-electron chi connectivity index (χ1n) is 8.33. The molecule has 3 heteroatoms. The van der Waals surface area contributed by atoms with Crippen LogP contribution in [0, 0.1) is 5.92 Å². The highest BCUT2D eigenvalue weighted by atomic mass is 15.1. The smallest absolute Gasteiger partial charge is 0.0230 e. The highest BCUT2D eigenvalue weighted by Gasteiger charge is 2.20. The molecule has 2 rings (SSSR count). The molecule has 1 aromatic carbocycles. The molecule has 1 saturated heterocycles. The number of likely N-dealkylation sites (tertiary alicyclic amines) is 1. The summed E-state index contributed by atoms with van der Waals surface area (Å²) in [6.45, 7) is 9.07. The van der Waals surface area contributed by atoms with Crippen LogP contribution in [0.25, 0.3) is 0 Å². The van der Waals surface area contributed by atoms with Crippen molar-refractivity contribution in [1.82, 2.24) is 15.1 Å². The van der Waals surface area contributed by atoms with Gasteiger partial charge in [0.2, 0.25) is 0 Å². The van der Waals surface area contributed by atoms with Gasteiger partial charge in [-0.15, -0.1) is 0 Å². The number of benzene rings is 1. The Balaban J connectivity index is 1.79. The van der Waals surface area contributed by atoms with E-state index < -0.39 is 0 Å². The third-order valence-corrected chi connectivity index (χ3v) is 4.26. The van der Waals surface area contributed by atoms with Crippen LogP contribution in [-0.2, 0) is 13.1 Å². The van der Waals surface area contributed by atoms with E-state index in [9.17, 15) is 0 Å². The van der Waals surface area contributed by atoms with Crippen LogP contribution in [0.5, 0.6) is 0 Å². The lowest BCUT2D eigenvalue weighted by atomic mass is 10.1. The monoisotopic (exact) mass is 289 g/mol. The lowest BCUT2D eigenvalue weighted by Gasteiger charge is -2.21. The molecule has 1 aliphatic rings. The minimum absolute atomic E-state index is 0.842. The van der Waals surface area contributed by atoms with Gasteiger partial charge in [-0.1, -0.05) is 31.2 Å². The summed E-state index contributed by atoms with van der Waals surface area (Å²) in [5, 5.41) is 3.48. The second-order valence-electron chi connectivity index (χ2n) is 6.61. The Morgan fingerprint density at radius 3 is 2.86 bits per heavy atom. The zero-order valence-electron chi connectivity index (χ0n) is 13.9. The molecule has 0 radical (unpaired) electrons. The summed E-state index contributed by atoms with van der Waals surface area (Å²) in [7, 11) is 4.48. The molecule has 0 saturated carbocycles. The summed E-state index contributed by atoms with van der Waals surface area (Å²) in [6, 6.07) is 9.01. The maximum atomic E-state index is 3.48. The minimum atomic E-state index is 0.842. The van der Waals surface area contributed by atoms with Gasteiger partial charge in [0.15, 0.2) is 0 Å². The van der Waals surface area contributed by atoms with Gasteiger partial charge in [0, 0.05) is 26.2 Å². The van der Waals surface area contributed by atoms with Gasteiger partial charge in [0.25, 0.3) is 0 Å². The lowest BCUT2D eigenvalue weighted by Crippen LogP contribution is -2.27. The molecule has 1 unspecified atom stereocenters. The van der Waals surface area contributed by atoms with E-state index in [1.54, 1.807) is 0 Å². The number of nitrogens with zero attached hydrogens (tertiary/aromatic N) is 2. The van der Waals surface area contributed by atoms with Crippen LogP contribution >= 0.6 is 0 Å². The third-order valence-electron chi connectivity index (χ3n) is 4.26. The Labute approximate surface area is 130 Å². The maximum Gasteiger partial charge on any atom is 0.0230 e. The number of hydrogen-bond acceptors (Lipinski definition) is 3. The first kappa shape index (κ1) is 16.5. The standard InChI is InChI=1S/C18H31N3/c1-4-9-19-12-16-6-5-7-17(11-16)13-21(3)15-18-8-10-20(2)14-18/h5-7,11,18-19H,4,8-10,12-15H2,1-3H3. The molecule has 21 heavy (non-hydrogen) atoms. The van der Waals surface area contributed by atoms with E-state index >= 15 is 0 Å². The topological polar surface area (TPSA) is 18.5 Å². The van der Waals surface area contributed by atoms with Gasteiger partial charge in [-0.05, 0) is 57.1 Å². The van der Waals surface area contributed by atoms with E-state index in [0.29, 0.717) is 0 Å². The average molecular weight is 289 g/mol. The number of nitrogens with one attached hydrogen (secondary N) is 1. The molecule has 0 aromatic heterocycles. The molecule has 1 N–H and O–H groups in total. The van der Waals surface area contributed by atoms with E-state index in [0.717, 1.165) is 25.6 Å². The Kier molecular flexibility index (Phi) is 6.68. The molecule has 0 bridgehead atoms. The molecule has 1 aliphatic heterocycles. The fraction of sp³-hybridized carbons (Fsp3) is 0.667. The van der Waals surface area contributed by atoms with E-state index in [-0.39, 0.29) is 0 Å². The van der Waals surface area contributed by atoms with Gasteiger partial charge < -0.3 is 15.1 Å². The highest BCUT2D eigenvalue weighted by Crippen LogP contribution is 2.16. The highest BCUT2D eigenvalue weighted by molar-refractivity contribution is 5.23. The third kappa shape index (κ3) is 5.77. The molecule has 0 aliphatic carbocycles. The van der Waals surface area contributed by atoms with Gasteiger partial charge in [-0.2, -0.15) is 0 Å². The lowest BCUT2D eigenvalue weighted by molar-refractivity contribution is 0.267. The van der Waals surface area contributed by atoms with Crippen molar-refractivity contribution in [3.05, 3.63) is 35.4 Å². The molecule has 0 amide bonds. The summed E-state index contributed by atoms with van der Waals surface area (Å²) < 4.78 is 0. The molecule has 0 spiro atoms. The van der Waals surface area contributed by atoms with Crippen molar-refractivity contribution in [2.75, 3.05) is 40.3 Å². The summed E-state index contributed by atoms with van der Waals surface area (Å²) >= 11 is 0. The van der Waals surface area contributed by atoms with Crippen LogP contribution < -0.4 is 5.32 Å². The SMILES string of the molecule is CCCNCc1cccc(CN(C)CC2CCN(C)C2)c1. The predicted octanol–water partition coefficient (Wildman–Crippen LogP) is 2.57. The first-order valence-corrected chi connectivity index (χ1v) is 8.33. The Hall–Kier alpha value is -0.900. The quantitative estimate of drug-likeness (QED) is 0.742. The van der Waals surface area contributed by atoms with Crippen LogP contribution in [0.1, 0.15) is 30.9 Å². The van der Waals surface area contributed by atoms with Crippen LogP contribution in [0.15, 0.2) is 24.3 Å². The Bertz CT molecular complexity index is 419. The van der Waals surface area contributed by atoms with E-state index in [4.69, 9.17) is 0 Å². The van der Waals surface area contributed by atoms with Gasteiger partial charge in [-0.3, -0.25) is 0 Å². The van der Waals surface area contributed by atoms with Crippen LogP contribution in [-0.4, -0.2) is 50.1 Å². The minimum Gasteiger partial charge on any atom is -0.313 e. The van der Waals surface area contributed by atoms with Gasteiger partial charge in [-0.25, -0.2) is 0 Å². The van der Waals surface area contributed by atoms with Crippen LogP contribution in [0.2, 0.25) is 0 Å². The van der Waals surface area contributed by atoms with Crippen LogP contribution in [0.3, 0.4) is 0 Å². The van der Waals surface area contributed by atoms with Crippen molar-refractivity contribution in [1.29, 1.82) is 0 Å². The first-order chi connectivity index (χ1) is 10.2. The van der Waals surface area contributed by atoms with Crippen molar-refractivity contribution in [3.8, 4) is 0 Å². The molecule has 1 atom stereocenters. The van der Waals surface area contributed by atoms with Crippen molar-refractivity contribution in [2.24, 2.45) is 5.92 Å². The Morgan fingerprint density at radius 2 is 2.14 bits per heavy atom. The van der Waals surface area contributed by atoms with Crippen molar-refractivity contribution < 1.29 is 0 Å². The fourth-order valence-corrected chi connectivity index (χ4v) is 3.24. The van der Waals surface area contributed by atoms with Crippen molar-refractivity contribution in [2.45, 2.75) is 32.9 Å².